The van der Waals surface area contributed by atoms with Crippen molar-refractivity contribution in [2.24, 2.45) is 0 Å². The van der Waals surface area contributed by atoms with Crippen LogP contribution in [0.3, 0.4) is 0 Å². The summed E-state index contributed by atoms with van der Waals surface area (Å²) < 4.78 is 8.70. The summed E-state index contributed by atoms with van der Waals surface area (Å²) in [5.41, 5.74) is 3.07. The van der Waals surface area contributed by atoms with Crippen LogP contribution >= 0.6 is 8.25 Å². The van der Waals surface area contributed by atoms with Crippen LogP contribution in [0.25, 0.3) is 0 Å². The smallest absolute Gasteiger partial charge is 0.508 e. The molecule has 0 saturated heterocycles. The molecule has 3 aromatic carbocycles. The van der Waals surface area contributed by atoms with Crippen molar-refractivity contribution in [2.75, 3.05) is 0 Å². The first-order chi connectivity index (χ1) is 12.4. The zero-order valence-corrected chi connectivity index (χ0v) is 14.5. The van der Waals surface area contributed by atoms with E-state index in [1.54, 1.807) is 36.4 Å². The molecule has 0 saturated carbocycles. The van der Waals surface area contributed by atoms with Gasteiger partial charge in [0.25, 0.3) is 0 Å². The number of hydrogen-bond acceptors (Lipinski definition) is 4. The predicted octanol–water partition coefficient (Wildman–Crippen LogP) is 3.61. The van der Waals surface area contributed by atoms with Crippen LogP contribution in [0.15, 0.2) is 72.8 Å². The van der Waals surface area contributed by atoms with Crippen LogP contribution in [0, 0.1) is 0 Å². The van der Waals surface area contributed by atoms with Gasteiger partial charge in [-0.2, -0.15) is 0 Å². The molecule has 0 aliphatic heterocycles. The van der Waals surface area contributed by atoms with E-state index in [2.05, 4.69) is 0 Å². The van der Waals surface area contributed by atoms with Crippen LogP contribution in [0.2, 0.25) is 0 Å². The highest BCUT2D eigenvalue weighted by Crippen LogP contribution is 2.34. The zero-order chi connectivity index (χ0) is 19.1. The molecule has 26 heavy (non-hydrogen) atoms. The fourth-order valence-corrected chi connectivity index (χ4v) is 2.58. The fourth-order valence-electron chi connectivity index (χ4n) is 2.58. The van der Waals surface area contributed by atoms with E-state index in [9.17, 15) is 15.3 Å². The second kappa shape index (κ2) is 8.97. The van der Waals surface area contributed by atoms with Gasteiger partial charge in [-0.3, -0.25) is 0 Å². The van der Waals surface area contributed by atoms with Gasteiger partial charge in [0.15, 0.2) is 0 Å². The lowest BCUT2D eigenvalue weighted by Crippen LogP contribution is -2.03. The number of aromatic hydroxyl groups is 3. The number of phenols is 3. The molecule has 0 atom stereocenters. The summed E-state index contributed by atoms with van der Waals surface area (Å²) in [6.45, 7) is 0. The van der Waals surface area contributed by atoms with E-state index in [0.29, 0.717) is 0 Å². The van der Waals surface area contributed by atoms with Crippen molar-refractivity contribution in [3.8, 4) is 17.2 Å². The summed E-state index contributed by atoms with van der Waals surface area (Å²) in [5.74, 6) is 0.624. The van der Waals surface area contributed by atoms with E-state index < -0.39 is 8.25 Å². The molecule has 0 bridgehead atoms. The van der Waals surface area contributed by atoms with Gasteiger partial charge in [-0.25, -0.2) is 0 Å². The molecule has 5 N–H and O–H groups in total. The SMILES string of the molecule is O=[P+](O)O.Oc1ccc(C(c2ccc(O)cc2)c2ccc(O)cc2)cc1. The molecule has 134 valence electrons. The lowest BCUT2D eigenvalue weighted by atomic mass is 9.85. The molecule has 0 heterocycles. The number of rotatable bonds is 3. The van der Waals surface area contributed by atoms with Crippen molar-refractivity contribution >= 4 is 8.25 Å². The maximum absolute atomic E-state index is 9.49. The van der Waals surface area contributed by atoms with Gasteiger partial charge in [0, 0.05) is 10.5 Å². The molecule has 7 heteroatoms. The van der Waals surface area contributed by atoms with E-state index in [1.807, 2.05) is 36.4 Å². The summed E-state index contributed by atoms with van der Waals surface area (Å²) in [6.07, 6.45) is 0. The second-order valence-electron chi connectivity index (χ2n) is 5.46. The summed E-state index contributed by atoms with van der Waals surface area (Å²) in [6, 6.07) is 21.2. The minimum atomic E-state index is -2.87. The Morgan fingerprint density at radius 2 is 0.731 bits per heavy atom. The molecule has 0 aromatic heterocycles. The Labute approximate surface area is 151 Å². The van der Waals surface area contributed by atoms with Gasteiger partial charge in [0.2, 0.25) is 0 Å². The highest BCUT2D eigenvalue weighted by Gasteiger charge is 2.17. The monoisotopic (exact) mass is 373 g/mol. The molecule has 3 aromatic rings. The second-order valence-corrected chi connectivity index (χ2v) is 5.97. The molecule has 0 amide bonds. The molecule has 0 aliphatic rings. The van der Waals surface area contributed by atoms with E-state index in [0.717, 1.165) is 16.7 Å². The summed E-state index contributed by atoms with van der Waals surface area (Å²) in [4.78, 5) is 14.2. The van der Waals surface area contributed by atoms with Crippen molar-refractivity contribution in [3.63, 3.8) is 0 Å². The van der Waals surface area contributed by atoms with Crippen LogP contribution in [0.1, 0.15) is 22.6 Å². The van der Waals surface area contributed by atoms with Gasteiger partial charge >= 0.3 is 8.25 Å². The third kappa shape index (κ3) is 5.57. The van der Waals surface area contributed by atoms with E-state index in [4.69, 9.17) is 14.4 Å². The third-order valence-electron chi connectivity index (χ3n) is 3.68. The Morgan fingerprint density at radius 1 is 0.538 bits per heavy atom. The van der Waals surface area contributed by atoms with Crippen LogP contribution in [0.5, 0.6) is 17.2 Å². The lowest BCUT2D eigenvalue weighted by Gasteiger charge is -2.19. The first-order valence-electron chi connectivity index (χ1n) is 7.58. The van der Waals surface area contributed by atoms with Gasteiger partial charge in [-0.05, 0) is 53.1 Å². The third-order valence-corrected chi connectivity index (χ3v) is 3.68. The van der Waals surface area contributed by atoms with Crippen LogP contribution in [0.4, 0.5) is 0 Å². The largest absolute Gasteiger partial charge is 0.692 e. The van der Waals surface area contributed by atoms with Crippen LogP contribution in [-0.4, -0.2) is 25.1 Å². The zero-order valence-electron chi connectivity index (χ0n) is 13.6. The van der Waals surface area contributed by atoms with Crippen molar-refractivity contribution in [2.45, 2.75) is 5.92 Å². The highest BCUT2D eigenvalue weighted by atomic mass is 31.1. The quantitative estimate of drug-likeness (QED) is 0.354. The average molecular weight is 373 g/mol. The summed E-state index contributed by atoms with van der Waals surface area (Å²) in [7, 11) is -2.87. The van der Waals surface area contributed by atoms with Gasteiger partial charge < -0.3 is 15.3 Å². The summed E-state index contributed by atoms with van der Waals surface area (Å²) in [5, 5.41) is 28.5. The van der Waals surface area contributed by atoms with Gasteiger partial charge in [-0.15, -0.1) is 9.79 Å². The number of benzene rings is 3. The Kier molecular flexibility index (Phi) is 6.69. The van der Waals surface area contributed by atoms with E-state index in [-0.39, 0.29) is 23.2 Å². The Bertz CT molecular complexity index is 733. The highest BCUT2D eigenvalue weighted by molar-refractivity contribution is 7.30. The standard InChI is InChI=1S/C19H16O3.HO3P/c20-16-7-1-13(2-8-16)19(14-3-9-17(21)10-4-14)15-5-11-18(22)12-6-15;1-4(2)3/h1-12,19-22H;(H-,1,2,3)/p+1. The van der Waals surface area contributed by atoms with Crippen molar-refractivity contribution < 1.29 is 29.7 Å². The minimum absolute atomic E-state index is 0.0400. The van der Waals surface area contributed by atoms with Crippen LogP contribution < -0.4 is 0 Å². The fraction of sp³-hybridized carbons (Fsp3) is 0.0526. The Balaban J connectivity index is 0.000000552. The predicted molar refractivity (Wildman–Crippen MR) is 97.3 cm³/mol. The van der Waals surface area contributed by atoms with Gasteiger partial charge in [0.05, 0.1) is 0 Å². The Morgan fingerprint density at radius 3 is 0.923 bits per heavy atom. The van der Waals surface area contributed by atoms with Crippen molar-refractivity contribution in [1.82, 2.24) is 0 Å². The molecule has 6 nitrogen and oxygen atoms in total. The lowest BCUT2D eigenvalue weighted by molar-refractivity contribution is 0.405. The Hall–Kier alpha value is -2.92. The summed E-state index contributed by atoms with van der Waals surface area (Å²) >= 11 is 0. The van der Waals surface area contributed by atoms with Crippen LogP contribution in [-0.2, 0) is 4.57 Å². The average Bonchev–Trinajstić information content (AvgIpc) is 2.60. The molecule has 0 fully saturated rings. The number of hydrogen-bond donors (Lipinski definition) is 5. The molecular formula is C19H18O6P+. The maximum atomic E-state index is 9.49. The first kappa shape index (κ1) is 19.4. The molecule has 3 rings (SSSR count). The molecule has 0 aliphatic carbocycles. The molecule has 0 spiro atoms. The molecule has 0 unspecified atom stereocenters. The maximum Gasteiger partial charge on any atom is 0.692 e. The van der Waals surface area contributed by atoms with E-state index >= 15 is 0 Å². The van der Waals surface area contributed by atoms with Crippen molar-refractivity contribution in [1.29, 1.82) is 0 Å². The number of phenolic OH excluding ortho intramolecular Hbond substituents is 3. The topological polar surface area (TPSA) is 118 Å². The minimum Gasteiger partial charge on any atom is -0.508 e. The van der Waals surface area contributed by atoms with E-state index in [1.165, 1.54) is 0 Å². The first-order valence-corrected chi connectivity index (χ1v) is 8.75. The van der Waals surface area contributed by atoms with Gasteiger partial charge in [0.1, 0.15) is 17.2 Å². The van der Waals surface area contributed by atoms with Gasteiger partial charge in [-0.1, -0.05) is 36.4 Å². The normalized spacial score (nSPS) is 10.1. The molecule has 0 radical (unpaired) electrons. The van der Waals surface area contributed by atoms with Crippen molar-refractivity contribution in [3.05, 3.63) is 89.5 Å². The molecular weight excluding hydrogens is 355 g/mol.